The van der Waals surface area contributed by atoms with Crippen molar-refractivity contribution in [3.05, 3.63) is 34.6 Å². The van der Waals surface area contributed by atoms with Crippen molar-refractivity contribution in [3.8, 4) is 0 Å². The smallest absolute Gasteiger partial charge is 0.264 e. The second kappa shape index (κ2) is 8.32. The number of carbonyl (C=O) groups is 1. The van der Waals surface area contributed by atoms with Crippen LogP contribution in [0, 0.1) is 6.92 Å². The Hall–Kier alpha value is -2.51. The minimum Gasteiger partial charge on any atom is -0.338 e. The zero-order valence-electron chi connectivity index (χ0n) is 17.9. The van der Waals surface area contributed by atoms with Crippen LogP contribution in [0.5, 0.6) is 0 Å². The van der Waals surface area contributed by atoms with Crippen LogP contribution in [0.2, 0.25) is 0 Å². The maximum atomic E-state index is 13.4. The lowest BCUT2D eigenvalue weighted by Gasteiger charge is -2.29. The van der Waals surface area contributed by atoms with Crippen molar-refractivity contribution in [2.75, 3.05) is 18.5 Å². The summed E-state index contributed by atoms with van der Waals surface area (Å²) in [6.07, 6.45) is 5.55. The van der Waals surface area contributed by atoms with Gasteiger partial charge in [0.15, 0.2) is 5.82 Å². The van der Waals surface area contributed by atoms with Crippen LogP contribution in [-0.2, 0) is 17.8 Å². The normalized spacial score (nSPS) is 17.3. The molecule has 6 nitrogen and oxygen atoms in total. The van der Waals surface area contributed by atoms with Crippen molar-refractivity contribution in [2.45, 2.75) is 71.4 Å². The third-order valence-electron chi connectivity index (χ3n) is 6.46. The number of carbonyl (C=O) groups excluding carboxylic acids is 1. The second-order valence-corrected chi connectivity index (χ2v) is 8.43. The van der Waals surface area contributed by atoms with Gasteiger partial charge in [-0.25, -0.2) is 13.8 Å². The topological polar surface area (TPSA) is 54.3 Å². The molecule has 1 aliphatic heterocycles. The molecular weight excluding hydrogens is 388 g/mol. The van der Waals surface area contributed by atoms with Crippen LogP contribution in [-0.4, -0.2) is 39.2 Å². The molecule has 0 unspecified atom stereocenters. The zero-order valence-corrected chi connectivity index (χ0v) is 17.9. The largest absolute Gasteiger partial charge is 0.338 e. The predicted molar refractivity (Wildman–Crippen MR) is 111 cm³/mol. The first-order valence-electron chi connectivity index (χ1n) is 10.7. The molecular formula is C22H29F2N5O. The molecule has 1 fully saturated rings. The molecule has 2 aliphatic rings. The molecule has 0 aromatic carbocycles. The molecule has 1 aliphatic carbocycles. The van der Waals surface area contributed by atoms with Crippen LogP contribution >= 0.6 is 0 Å². The summed E-state index contributed by atoms with van der Waals surface area (Å²) in [5, 5.41) is 4.96. The number of alkyl halides is 2. The van der Waals surface area contributed by atoms with Crippen molar-refractivity contribution in [1.29, 1.82) is 0 Å². The number of aryl methyl sites for hydroxylation is 1. The number of rotatable bonds is 4. The lowest BCUT2D eigenvalue weighted by atomic mass is 9.95. The Balaban J connectivity index is 1.76. The molecule has 4 rings (SSSR count). The van der Waals surface area contributed by atoms with Gasteiger partial charge in [0, 0.05) is 50.0 Å². The van der Waals surface area contributed by atoms with E-state index in [0.29, 0.717) is 36.3 Å². The molecule has 162 valence electrons. The average molecular weight is 418 g/mol. The lowest BCUT2D eigenvalue weighted by molar-refractivity contribution is -0.129. The molecule has 0 bridgehead atoms. The van der Waals surface area contributed by atoms with Gasteiger partial charge in [-0.3, -0.25) is 9.48 Å². The number of halogens is 2. The number of nitrogens with zero attached hydrogens (tertiary/aromatic N) is 5. The highest BCUT2D eigenvalue weighted by Crippen LogP contribution is 2.37. The van der Waals surface area contributed by atoms with Crippen molar-refractivity contribution in [1.82, 2.24) is 19.7 Å². The van der Waals surface area contributed by atoms with E-state index in [-0.39, 0.29) is 11.5 Å². The SMILES string of the molecule is CC(=O)N1CCc2c(c(N(C)c3cc(C(F)F)c(C)cn3)nn2C2CCCCC2)C1. The maximum absolute atomic E-state index is 13.4. The first kappa shape index (κ1) is 20.8. The molecule has 1 saturated carbocycles. The fraction of sp³-hybridized carbons (Fsp3) is 0.591. The Morgan fingerprint density at radius 1 is 1.27 bits per heavy atom. The van der Waals surface area contributed by atoms with E-state index in [4.69, 9.17) is 5.10 Å². The molecule has 3 heterocycles. The Morgan fingerprint density at radius 3 is 2.67 bits per heavy atom. The van der Waals surface area contributed by atoms with E-state index in [9.17, 15) is 13.6 Å². The molecule has 0 N–H and O–H groups in total. The monoisotopic (exact) mass is 417 g/mol. The van der Waals surface area contributed by atoms with Gasteiger partial charge in [0.05, 0.1) is 12.6 Å². The number of pyridine rings is 1. The van der Waals surface area contributed by atoms with Crippen molar-refractivity contribution in [2.24, 2.45) is 0 Å². The fourth-order valence-corrected chi connectivity index (χ4v) is 4.65. The van der Waals surface area contributed by atoms with Gasteiger partial charge in [0.1, 0.15) is 5.82 Å². The summed E-state index contributed by atoms with van der Waals surface area (Å²) in [7, 11) is 1.81. The fourth-order valence-electron chi connectivity index (χ4n) is 4.65. The van der Waals surface area contributed by atoms with E-state index in [2.05, 4.69) is 9.67 Å². The third kappa shape index (κ3) is 3.79. The molecule has 0 atom stereocenters. The molecule has 1 amide bonds. The summed E-state index contributed by atoms with van der Waals surface area (Å²) >= 11 is 0. The molecule has 30 heavy (non-hydrogen) atoms. The van der Waals surface area contributed by atoms with Crippen molar-refractivity contribution >= 4 is 17.5 Å². The quantitative estimate of drug-likeness (QED) is 0.724. The van der Waals surface area contributed by atoms with E-state index in [0.717, 1.165) is 24.8 Å². The van der Waals surface area contributed by atoms with Crippen LogP contribution in [0.4, 0.5) is 20.4 Å². The maximum Gasteiger partial charge on any atom is 0.264 e. The highest BCUT2D eigenvalue weighted by atomic mass is 19.3. The van der Waals surface area contributed by atoms with Crippen LogP contribution in [0.1, 0.15) is 73.9 Å². The minimum absolute atomic E-state index is 0.0159. The summed E-state index contributed by atoms with van der Waals surface area (Å²) in [4.78, 5) is 20.0. The Labute approximate surface area is 175 Å². The standard InChI is InChI=1S/C22H29F2N5O/c1-14-12-25-20(11-17(14)21(23)24)27(3)22-18-13-28(15(2)30)10-9-19(18)29(26-22)16-7-5-4-6-8-16/h11-12,16,21H,4-10,13H2,1-3H3. The van der Waals surface area contributed by atoms with Crippen LogP contribution in [0.25, 0.3) is 0 Å². The molecule has 8 heteroatoms. The highest BCUT2D eigenvalue weighted by Gasteiger charge is 2.31. The van der Waals surface area contributed by atoms with Gasteiger partial charge < -0.3 is 9.80 Å². The average Bonchev–Trinajstić information content (AvgIpc) is 3.13. The van der Waals surface area contributed by atoms with Crippen LogP contribution in [0.3, 0.4) is 0 Å². The van der Waals surface area contributed by atoms with Gasteiger partial charge in [0.2, 0.25) is 5.91 Å². The zero-order chi connectivity index (χ0) is 21.4. The van der Waals surface area contributed by atoms with Crippen molar-refractivity contribution in [3.63, 3.8) is 0 Å². The number of fused-ring (bicyclic) bond motifs is 1. The lowest BCUT2D eigenvalue weighted by Crippen LogP contribution is -2.35. The van der Waals surface area contributed by atoms with E-state index >= 15 is 0 Å². The van der Waals surface area contributed by atoms with E-state index in [1.807, 2.05) is 11.9 Å². The molecule has 0 radical (unpaired) electrons. The first-order chi connectivity index (χ1) is 14.4. The van der Waals surface area contributed by atoms with E-state index in [1.54, 1.807) is 18.7 Å². The van der Waals surface area contributed by atoms with Gasteiger partial charge in [-0.15, -0.1) is 0 Å². The minimum atomic E-state index is -2.55. The Morgan fingerprint density at radius 2 is 2.00 bits per heavy atom. The van der Waals surface area contributed by atoms with Gasteiger partial charge >= 0.3 is 0 Å². The molecule has 2 aromatic rings. The number of amides is 1. The van der Waals surface area contributed by atoms with Gasteiger partial charge in [-0.1, -0.05) is 19.3 Å². The van der Waals surface area contributed by atoms with Gasteiger partial charge in [-0.2, -0.15) is 5.10 Å². The first-order valence-corrected chi connectivity index (χ1v) is 10.7. The summed E-state index contributed by atoms with van der Waals surface area (Å²) in [5.41, 5.74) is 2.63. The summed E-state index contributed by atoms with van der Waals surface area (Å²) in [6, 6.07) is 1.80. The van der Waals surface area contributed by atoms with E-state index < -0.39 is 6.43 Å². The summed E-state index contributed by atoms with van der Waals surface area (Å²) in [6.45, 7) is 4.39. The number of hydrogen-bond donors (Lipinski definition) is 0. The number of hydrogen-bond acceptors (Lipinski definition) is 4. The van der Waals surface area contributed by atoms with Crippen LogP contribution in [0.15, 0.2) is 12.3 Å². The van der Waals surface area contributed by atoms with Crippen molar-refractivity contribution < 1.29 is 13.6 Å². The molecule has 2 aromatic heterocycles. The predicted octanol–water partition coefficient (Wildman–Crippen LogP) is 4.70. The Kier molecular flexibility index (Phi) is 5.75. The highest BCUT2D eigenvalue weighted by molar-refractivity contribution is 5.74. The Bertz CT molecular complexity index is 936. The molecule has 0 saturated heterocycles. The molecule has 0 spiro atoms. The van der Waals surface area contributed by atoms with Gasteiger partial charge in [0.25, 0.3) is 6.43 Å². The van der Waals surface area contributed by atoms with E-state index in [1.165, 1.54) is 37.2 Å². The third-order valence-corrected chi connectivity index (χ3v) is 6.46. The number of aromatic nitrogens is 3. The second-order valence-electron chi connectivity index (χ2n) is 8.43. The summed E-state index contributed by atoms with van der Waals surface area (Å²) in [5.74, 6) is 1.18. The number of anilines is 2. The van der Waals surface area contributed by atoms with Gasteiger partial charge in [-0.05, 0) is 31.4 Å². The van der Waals surface area contributed by atoms with Crippen LogP contribution < -0.4 is 4.90 Å². The summed E-state index contributed by atoms with van der Waals surface area (Å²) < 4.78 is 29.0.